The van der Waals surface area contributed by atoms with Gasteiger partial charge in [-0.25, -0.2) is 0 Å². The molecule has 1 nitrogen and oxygen atoms in total. The summed E-state index contributed by atoms with van der Waals surface area (Å²) in [7, 11) is 0. The van der Waals surface area contributed by atoms with Gasteiger partial charge in [0, 0.05) is 9.89 Å². The lowest BCUT2D eigenvalue weighted by atomic mass is 9.70. The maximum absolute atomic E-state index is 9.65. The van der Waals surface area contributed by atoms with Gasteiger partial charge in [-0.1, -0.05) is 47.3 Å². The van der Waals surface area contributed by atoms with E-state index in [2.05, 4.69) is 40.2 Å². The number of hydrogen-bond donors (Lipinski definition) is 1. The van der Waals surface area contributed by atoms with Crippen LogP contribution < -0.4 is 0 Å². The van der Waals surface area contributed by atoms with Crippen LogP contribution >= 0.6 is 15.9 Å². The molecule has 0 heterocycles. The quantitative estimate of drug-likeness (QED) is 0.869. The summed E-state index contributed by atoms with van der Waals surface area (Å²) in [5.74, 6) is 0. The van der Waals surface area contributed by atoms with Gasteiger partial charge in [0.2, 0.25) is 0 Å². The first-order chi connectivity index (χ1) is 7.27. The van der Waals surface area contributed by atoms with E-state index in [4.69, 9.17) is 0 Å². The van der Waals surface area contributed by atoms with E-state index < -0.39 is 0 Å². The van der Waals surface area contributed by atoms with Crippen LogP contribution in [0.2, 0.25) is 0 Å². The van der Waals surface area contributed by atoms with Gasteiger partial charge in [-0.15, -0.1) is 0 Å². The first-order valence-corrected chi connectivity index (χ1v) is 6.43. The number of halogens is 1. The zero-order valence-corrected chi connectivity index (χ0v) is 10.5. The number of aliphatic hydroxyl groups is 1. The summed E-state index contributed by atoms with van der Waals surface area (Å²) in [6, 6.07) is 8.43. The number of hydrogen-bond acceptors (Lipinski definition) is 1. The Morgan fingerprint density at radius 2 is 1.67 bits per heavy atom. The third-order valence-electron chi connectivity index (χ3n) is 3.57. The highest BCUT2D eigenvalue weighted by Crippen LogP contribution is 2.39. The second-order valence-corrected chi connectivity index (χ2v) is 5.42. The maximum atomic E-state index is 9.65. The van der Waals surface area contributed by atoms with Crippen molar-refractivity contribution in [1.29, 1.82) is 0 Å². The summed E-state index contributed by atoms with van der Waals surface area (Å²) in [6.45, 7) is 0.286. The van der Waals surface area contributed by atoms with Crippen LogP contribution in [0.1, 0.15) is 37.7 Å². The molecule has 0 aliphatic heterocycles. The molecule has 0 atom stereocenters. The van der Waals surface area contributed by atoms with E-state index >= 15 is 0 Å². The minimum absolute atomic E-state index is 0.0406. The van der Waals surface area contributed by atoms with Gasteiger partial charge in [0.15, 0.2) is 0 Å². The van der Waals surface area contributed by atoms with Gasteiger partial charge in [0.05, 0.1) is 6.61 Å². The zero-order chi connectivity index (χ0) is 10.7. The molecule has 1 saturated carbocycles. The van der Waals surface area contributed by atoms with E-state index in [1.54, 1.807) is 0 Å². The molecule has 0 radical (unpaired) electrons. The lowest BCUT2D eigenvalue weighted by Crippen LogP contribution is -2.32. The van der Waals surface area contributed by atoms with E-state index in [0.717, 1.165) is 17.3 Å². The minimum atomic E-state index is 0.0406. The molecular weight excluding hydrogens is 252 g/mol. The topological polar surface area (TPSA) is 20.2 Å². The van der Waals surface area contributed by atoms with Crippen molar-refractivity contribution in [2.24, 2.45) is 0 Å². The lowest BCUT2D eigenvalue weighted by Gasteiger charge is -2.36. The third kappa shape index (κ3) is 2.26. The van der Waals surface area contributed by atoms with Gasteiger partial charge in [0.25, 0.3) is 0 Å². The van der Waals surface area contributed by atoms with Gasteiger partial charge in [-0.05, 0) is 30.5 Å². The van der Waals surface area contributed by atoms with Crippen molar-refractivity contribution in [2.45, 2.75) is 37.5 Å². The summed E-state index contributed by atoms with van der Waals surface area (Å²) >= 11 is 3.45. The predicted octanol–water partition coefficient (Wildman–Crippen LogP) is 3.64. The van der Waals surface area contributed by atoms with Crippen molar-refractivity contribution < 1.29 is 5.11 Å². The number of aliphatic hydroxyl groups excluding tert-OH is 1. The van der Waals surface area contributed by atoms with Crippen LogP contribution in [0.15, 0.2) is 28.7 Å². The molecule has 0 amide bonds. The van der Waals surface area contributed by atoms with Gasteiger partial charge in [0.1, 0.15) is 0 Å². The smallest absolute Gasteiger partial charge is 0.0527 e. The highest BCUT2D eigenvalue weighted by atomic mass is 79.9. The van der Waals surface area contributed by atoms with Crippen molar-refractivity contribution in [1.82, 2.24) is 0 Å². The van der Waals surface area contributed by atoms with Gasteiger partial charge in [-0.2, -0.15) is 0 Å². The molecule has 0 unspecified atom stereocenters. The molecule has 1 aromatic rings. The van der Waals surface area contributed by atoms with Crippen LogP contribution in [0.4, 0.5) is 0 Å². The van der Waals surface area contributed by atoms with Crippen molar-refractivity contribution in [3.05, 3.63) is 34.3 Å². The summed E-state index contributed by atoms with van der Waals surface area (Å²) < 4.78 is 1.11. The van der Waals surface area contributed by atoms with E-state index in [0.29, 0.717) is 0 Å². The molecule has 1 N–H and O–H groups in total. The van der Waals surface area contributed by atoms with Crippen molar-refractivity contribution in [3.8, 4) is 0 Å². The Hall–Kier alpha value is -0.340. The maximum Gasteiger partial charge on any atom is 0.0527 e. The molecule has 1 aliphatic rings. The standard InChI is InChI=1S/C13H17BrO/c14-12-6-4-11(5-7-12)13(10-15)8-2-1-3-9-13/h4-7,15H,1-3,8-10H2. The Balaban J connectivity index is 2.28. The average molecular weight is 269 g/mol. The van der Waals surface area contributed by atoms with Crippen molar-refractivity contribution >= 4 is 15.9 Å². The Morgan fingerprint density at radius 1 is 1.07 bits per heavy atom. The summed E-state index contributed by atoms with van der Waals surface area (Å²) in [5, 5.41) is 9.65. The predicted molar refractivity (Wildman–Crippen MR) is 66.0 cm³/mol. The SMILES string of the molecule is OCC1(c2ccc(Br)cc2)CCCCC1. The molecule has 0 saturated heterocycles. The van der Waals surface area contributed by atoms with Crippen LogP contribution in [0.5, 0.6) is 0 Å². The van der Waals surface area contributed by atoms with Crippen molar-refractivity contribution in [2.75, 3.05) is 6.61 Å². The number of rotatable bonds is 2. The Labute approximate surface area is 99.6 Å². The molecule has 2 heteroatoms. The van der Waals surface area contributed by atoms with Gasteiger partial charge < -0.3 is 5.11 Å². The fraction of sp³-hybridized carbons (Fsp3) is 0.538. The average Bonchev–Trinajstić information content (AvgIpc) is 2.31. The molecule has 0 spiro atoms. The van der Waals surface area contributed by atoms with Crippen LogP contribution in [0, 0.1) is 0 Å². The van der Waals surface area contributed by atoms with E-state index in [1.165, 1.54) is 24.8 Å². The molecule has 15 heavy (non-hydrogen) atoms. The highest BCUT2D eigenvalue weighted by Gasteiger charge is 2.32. The molecule has 1 aromatic carbocycles. The second kappa shape index (κ2) is 4.67. The van der Waals surface area contributed by atoms with Crippen molar-refractivity contribution in [3.63, 3.8) is 0 Å². The molecule has 1 fully saturated rings. The van der Waals surface area contributed by atoms with Crippen LogP contribution in [-0.2, 0) is 5.41 Å². The largest absolute Gasteiger partial charge is 0.395 e. The fourth-order valence-electron chi connectivity index (χ4n) is 2.57. The summed E-state index contributed by atoms with van der Waals surface area (Å²) in [4.78, 5) is 0. The Kier molecular flexibility index (Phi) is 3.47. The molecule has 1 aliphatic carbocycles. The molecule has 0 aromatic heterocycles. The normalized spacial score (nSPS) is 20.1. The molecule has 2 rings (SSSR count). The Morgan fingerprint density at radius 3 is 2.20 bits per heavy atom. The van der Waals surface area contributed by atoms with E-state index in [-0.39, 0.29) is 12.0 Å². The van der Waals surface area contributed by atoms with Crippen LogP contribution in [-0.4, -0.2) is 11.7 Å². The minimum Gasteiger partial charge on any atom is -0.395 e. The first-order valence-electron chi connectivity index (χ1n) is 5.64. The first kappa shape index (κ1) is 11.2. The molecule has 82 valence electrons. The van der Waals surface area contributed by atoms with Gasteiger partial charge in [-0.3, -0.25) is 0 Å². The van der Waals surface area contributed by atoms with Crippen LogP contribution in [0.3, 0.4) is 0 Å². The molecular formula is C13H17BrO. The number of benzene rings is 1. The fourth-order valence-corrected chi connectivity index (χ4v) is 2.83. The zero-order valence-electron chi connectivity index (χ0n) is 8.88. The highest BCUT2D eigenvalue weighted by molar-refractivity contribution is 9.10. The molecule has 0 bridgehead atoms. The summed E-state index contributed by atoms with van der Waals surface area (Å²) in [6.07, 6.45) is 6.07. The third-order valence-corrected chi connectivity index (χ3v) is 4.10. The second-order valence-electron chi connectivity index (χ2n) is 4.51. The van der Waals surface area contributed by atoms with Crippen LogP contribution in [0.25, 0.3) is 0 Å². The lowest BCUT2D eigenvalue weighted by molar-refractivity contribution is 0.152. The summed E-state index contributed by atoms with van der Waals surface area (Å²) in [5.41, 5.74) is 1.34. The monoisotopic (exact) mass is 268 g/mol. The Bertz CT molecular complexity index is 312. The van der Waals surface area contributed by atoms with Gasteiger partial charge >= 0.3 is 0 Å². The van der Waals surface area contributed by atoms with E-state index in [9.17, 15) is 5.11 Å². The van der Waals surface area contributed by atoms with E-state index in [1.807, 2.05) is 0 Å².